The van der Waals surface area contributed by atoms with Crippen LogP contribution in [-0.4, -0.2) is 15.0 Å². The molecule has 5 heteroatoms. The number of hydrogen-bond donors (Lipinski definition) is 0. The van der Waals surface area contributed by atoms with Crippen LogP contribution in [0.15, 0.2) is 158 Å². The third-order valence-electron chi connectivity index (χ3n) is 9.07. The van der Waals surface area contributed by atoms with Crippen molar-refractivity contribution >= 4 is 5.57 Å². The van der Waals surface area contributed by atoms with Crippen molar-refractivity contribution in [1.29, 1.82) is 10.5 Å². The number of hydrogen-bond acceptors (Lipinski definition) is 5. The molecule has 242 valence electrons. The van der Waals surface area contributed by atoms with Crippen molar-refractivity contribution in [3.63, 3.8) is 0 Å². The zero-order valence-corrected chi connectivity index (χ0v) is 28.3. The third-order valence-corrected chi connectivity index (χ3v) is 9.07. The zero-order chi connectivity index (χ0) is 35.2. The monoisotopic (exact) mass is 655 g/mol. The Morgan fingerprint density at radius 1 is 0.529 bits per heavy atom. The molecule has 0 bridgehead atoms. The first-order valence-electron chi connectivity index (χ1n) is 16.8. The molecule has 1 atom stereocenters. The molecule has 0 aliphatic heterocycles. The van der Waals surface area contributed by atoms with Crippen LogP contribution in [0.25, 0.3) is 50.9 Å². The van der Waals surface area contributed by atoms with Crippen molar-refractivity contribution < 1.29 is 0 Å². The summed E-state index contributed by atoms with van der Waals surface area (Å²) in [5.74, 6) is 1.85. The molecule has 0 spiro atoms. The van der Waals surface area contributed by atoms with Crippen LogP contribution in [0, 0.1) is 22.7 Å². The first kappa shape index (κ1) is 32.6. The van der Waals surface area contributed by atoms with Crippen LogP contribution < -0.4 is 0 Å². The van der Waals surface area contributed by atoms with Gasteiger partial charge in [-0.1, -0.05) is 140 Å². The Hall–Kier alpha value is -6.95. The quantitative estimate of drug-likeness (QED) is 0.163. The van der Waals surface area contributed by atoms with E-state index < -0.39 is 0 Å². The van der Waals surface area contributed by atoms with Crippen LogP contribution in [-0.2, 0) is 0 Å². The number of benzene rings is 6. The van der Waals surface area contributed by atoms with Crippen LogP contribution in [0.5, 0.6) is 0 Å². The van der Waals surface area contributed by atoms with E-state index in [9.17, 15) is 10.5 Å². The Morgan fingerprint density at radius 3 is 1.65 bits per heavy atom. The highest BCUT2D eigenvalue weighted by Gasteiger charge is 2.19. The lowest BCUT2D eigenvalue weighted by molar-refractivity contribution is 0.917. The zero-order valence-electron chi connectivity index (χ0n) is 28.3. The molecule has 0 aliphatic carbocycles. The lowest BCUT2D eigenvalue weighted by Crippen LogP contribution is -2.03. The number of rotatable bonds is 8. The fraction of sp³-hybridized carbons (Fsp3) is 0.0652. The normalized spacial score (nSPS) is 11.7. The predicted molar refractivity (Wildman–Crippen MR) is 204 cm³/mol. The van der Waals surface area contributed by atoms with Gasteiger partial charge in [-0.05, 0) is 70.1 Å². The van der Waals surface area contributed by atoms with Crippen LogP contribution in [0.2, 0.25) is 0 Å². The summed E-state index contributed by atoms with van der Waals surface area (Å²) in [5.41, 5.74) is 11.2. The minimum absolute atomic E-state index is 0.0142. The maximum absolute atomic E-state index is 9.94. The minimum atomic E-state index is -0.0142. The van der Waals surface area contributed by atoms with Crippen LogP contribution >= 0.6 is 0 Å². The van der Waals surface area contributed by atoms with E-state index in [1.54, 1.807) is 6.07 Å². The van der Waals surface area contributed by atoms with Crippen molar-refractivity contribution in [2.75, 3.05) is 0 Å². The first-order chi connectivity index (χ1) is 25.0. The standard InChI is InChI=1S/C46H33N5/c1-3-41(43-20-11-10-19-42(43)31(2)39-26-33(30-48)27-40(28-39)38-18-12-13-32(25-38)29-47)34-21-23-37(24-22-34)46-50-44(35-14-6-4-7-15-35)49-45(51-46)36-16-8-5-9-17-36/h3-28,31H,1-2H3/b41-3-. The summed E-state index contributed by atoms with van der Waals surface area (Å²) in [6.07, 6.45) is 2.15. The largest absolute Gasteiger partial charge is 0.208 e. The maximum atomic E-state index is 9.94. The van der Waals surface area contributed by atoms with E-state index in [1.807, 2.05) is 91.0 Å². The summed E-state index contributed by atoms with van der Waals surface area (Å²) in [5, 5.41) is 19.4. The average molecular weight is 656 g/mol. The highest BCUT2D eigenvalue weighted by molar-refractivity contribution is 5.83. The van der Waals surface area contributed by atoms with Crippen molar-refractivity contribution in [2.45, 2.75) is 19.8 Å². The molecule has 0 aliphatic rings. The van der Waals surface area contributed by atoms with Gasteiger partial charge in [0, 0.05) is 22.6 Å². The highest BCUT2D eigenvalue weighted by atomic mass is 15.0. The molecule has 5 nitrogen and oxygen atoms in total. The van der Waals surface area contributed by atoms with Crippen LogP contribution in [0.4, 0.5) is 0 Å². The third kappa shape index (κ3) is 6.97. The van der Waals surface area contributed by atoms with Gasteiger partial charge in [0.05, 0.1) is 23.3 Å². The second kappa shape index (κ2) is 14.7. The van der Waals surface area contributed by atoms with Crippen molar-refractivity contribution in [3.8, 4) is 57.4 Å². The summed E-state index contributed by atoms with van der Waals surface area (Å²) < 4.78 is 0. The fourth-order valence-corrected chi connectivity index (χ4v) is 6.41. The van der Waals surface area contributed by atoms with Crippen molar-refractivity contribution in [3.05, 3.63) is 191 Å². The van der Waals surface area contributed by atoms with E-state index in [-0.39, 0.29) is 5.92 Å². The highest BCUT2D eigenvalue weighted by Crippen LogP contribution is 2.36. The Balaban J connectivity index is 1.24. The molecule has 1 aromatic heterocycles. The number of nitrogens with zero attached hydrogens (tertiary/aromatic N) is 5. The Labute approximate surface area is 298 Å². The molecule has 0 saturated heterocycles. The molecule has 51 heavy (non-hydrogen) atoms. The maximum Gasteiger partial charge on any atom is 0.164 e. The SMILES string of the molecule is C/C=C(/c1ccc(-c2nc(-c3ccccc3)nc(-c3ccccc3)n2)cc1)c1ccccc1C(C)c1cc(C#N)cc(-c2cccc(C#N)c2)c1. The molecule has 0 amide bonds. The minimum Gasteiger partial charge on any atom is -0.208 e. The van der Waals surface area contributed by atoms with Gasteiger partial charge in [-0.25, -0.2) is 15.0 Å². The summed E-state index contributed by atoms with van der Waals surface area (Å²) in [7, 11) is 0. The van der Waals surface area contributed by atoms with E-state index in [2.05, 4.69) is 86.7 Å². The number of nitriles is 2. The van der Waals surface area contributed by atoms with E-state index in [1.165, 1.54) is 0 Å². The second-order valence-corrected chi connectivity index (χ2v) is 12.3. The van der Waals surface area contributed by atoms with E-state index >= 15 is 0 Å². The van der Waals surface area contributed by atoms with Gasteiger partial charge >= 0.3 is 0 Å². The molecular formula is C46H33N5. The lowest BCUT2D eigenvalue weighted by Gasteiger charge is -2.20. The van der Waals surface area contributed by atoms with Gasteiger partial charge in [0.2, 0.25) is 0 Å². The molecule has 0 saturated carbocycles. The van der Waals surface area contributed by atoms with Crippen molar-refractivity contribution in [1.82, 2.24) is 15.0 Å². The molecule has 0 N–H and O–H groups in total. The number of allylic oxidation sites excluding steroid dienone is 1. The van der Waals surface area contributed by atoms with E-state index in [0.29, 0.717) is 28.6 Å². The smallest absolute Gasteiger partial charge is 0.164 e. The Morgan fingerprint density at radius 2 is 1.06 bits per heavy atom. The molecule has 7 rings (SSSR count). The fourth-order valence-electron chi connectivity index (χ4n) is 6.41. The summed E-state index contributed by atoms with van der Waals surface area (Å²) >= 11 is 0. The molecule has 6 aromatic carbocycles. The van der Waals surface area contributed by atoms with Gasteiger partial charge in [0.15, 0.2) is 17.5 Å². The first-order valence-corrected chi connectivity index (χ1v) is 16.8. The van der Waals surface area contributed by atoms with Gasteiger partial charge in [0.25, 0.3) is 0 Å². The summed E-state index contributed by atoms with van der Waals surface area (Å²) in [4.78, 5) is 14.6. The molecule has 0 radical (unpaired) electrons. The van der Waals surface area contributed by atoms with Gasteiger partial charge in [0.1, 0.15) is 0 Å². The molecule has 1 heterocycles. The topological polar surface area (TPSA) is 86.2 Å². The van der Waals surface area contributed by atoms with Crippen molar-refractivity contribution in [2.24, 2.45) is 0 Å². The van der Waals surface area contributed by atoms with Crippen LogP contribution in [0.3, 0.4) is 0 Å². The lowest BCUT2D eigenvalue weighted by atomic mass is 9.83. The van der Waals surface area contributed by atoms with E-state index in [0.717, 1.165) is 55.6 Å². The second-order valence-electron chi connectivity index (χ2n) is 12.3. The van der Waals surface area contributed by atoms with E-state index in [4.69, 9.17) is 15.0 Å². The van der Waals surface area contributed by atoms with Crippen LogP contribution in [0.1, 0.15) is 53.1 Å². The predicted octanol–water partition coefficient (Wildman–Crippen LogP) is 10.9. The van der Waals surface area contributed by atoms with Gasteiger partial charge in [-0.15, -0.1) is 0 Å². The molecule has 7 aromatic rings. The molecule has 1 unspecified atom stereocenters. The van der Waals surface area contributed by atoms with Gasteiger partial charge in [-0.2, -0.15) is 10.5 Å². The van der Waals surface area contributed by atoms with Gasteiger partial charge < -0.3 is 0 Å². The summed E-state index contributed by atoms with van der Waals surface area (Å²) in [6.45, 7) is 4.24. The molecule has 0 fully saturated rings. The Bertz CT molecular complexity index is 2390. The average Bonchev–Trinajstić information content (AvgIpc) is 3.21. The summed E-state index contributed by atoms with van der Waals surface area (Å²) in [6, 6.07) is 54.8. The number of aromatic nitrogens is 3. The Kier molecular flexibility index (Phi) is 9.37. The van der Waals surface area contributed by atoms with Gasteiger partial charge in [-0.3, -0.25) is 0 Å². The molecular weight excluding hydrogens is 623 g/mol.